The maximum Gasteiger partial charge on any atom is 0.309 e. The molecule has 84 heavy (non-hydrogen) atoms. The molecule has 0 aliphatic carbocycles. The van der Waals surface area contributed by atoms with Crippen LogP contribution in [0.2, 0.25) is 0 Å². The van der Waals surface area contributed by atoms with E-state index in [9.17, 15) is 19.8 Å². The van der Waals surface area contributed by atoms with Crippen LogP contribution in [0.4, 0.5) is 0 Å². The van der Waals surface area contributed by atoms with E-state index in [1.54, 1.807) is 0 Å². The Balaban J connectivity index is 3.34. The van der Waals surface area contributed by atoms with Gasteiger partial charge >= 0.3 is 5.97 Å². The first-order chi connectivity index (χ1) is 41.4. The standard InChI is InChI=1S/C80H158O4/c1-4-6-8-10-12-14-16-18-20-21-22-39-42-45-49-53-57-61-65-69-73-77(80(83)84)79(82)75-71-67-63-59-55-51-47-44-41-38-36-34-32-30-28-26-24-23-25-27-29-31-33-35-37-40-43-46-50-54-58-62-66-70-74-78(81)76(3)72-68-64-60-56-52-48-19-17-15-13-11-9-7-5-2/h76-77,79,82H,4-75H2,1-3H3,(H,83,84). The highest BCUT2D eigenvalue weighted by atomic mass is 16.4. The van der Waals surface area contributed by atoms with E-state index in [-0.39, 0.29) is 5.92 Å². The Bertz CT molecular complexity index is 1230. The molecule has 0 aliphatic heterocycles. The van der Waals surface area contributed by atoms with Crippen LogP contribution in [0.1, 0.15) is 483 Å². The second-order valence-electron chi connectivity index (χ2n) is 28.3. The van der Waals surface area contributed by atoms with E-state index in [0.29, 0.717) is 18.6 Å². The summed E-state index contributed by atoms with van der Waals surface area (Å²) in [6, 6.07) is 0. The van der Waals surface area contributed by atoms with Gasteiger partial charge in [-0.05, 0) is 25.7 Å². The van der Waals surface area contributed by atoms with Crippen LogP contribution in [0.25, 0.3) is 0 Å². The van der Waals surface area contributed by atoms with Crippen LogP contribution in [0.15, 0.2) is 0 Å². The zero-order chi connectivity index (χ0) is 60.8. The molecule has 4 heteroatoms. The topological polar surface area (TPSA) is 74.6 Å². The summed E-state index contributed by atoms with van der Waals surface area (Å²) >= 11 is 0. The number of unbranched alkanes of at least 4 members (excludes halogenated alkanes) is 65. The van der Waals surface area contributed by atoms with Gasteiger partial charge in [-0.1, -0.05) is 451 Å². The van der Waals surface area contributed by atoms with Crippen LogP contribution in [0.3, 0.4) is 0 Å². The fourth-order valence-corrected chi connectivity index (χ4v) is 13.7. The Kier molecular flexibility index (Phi) is 72.1. The molecule has 2 N–H and O–H groups in total. The fraction of sp³-hybridized carbons (Fsp3) is 0.975. The summed E-state index contributed by atoms with van der Waals surface area (Å²) < 4.78 is 0. The summed E-state index contributed by atoms with van der Waals surface area (Å²) in [4.78, 5) is 24.6. The second kappa shape index (κ2) is 72.8. The Morgan fingerprint density at radius 3 is 0.607 bits per heavy atom. The minimum Gasteiger partial charge on any atom is -0.481 e. The number of carboxylic acids is 1. The molecule has 0 amide bonds. The van der Waals surface area contributed by atoms with Crippen LogP contribution in [-0.2, 0) is 9.59 Å². The SMILES string of the molecule is CCCCCCCCCCCCCCCCCCCCCCC(C(=O)O)C(O)CCCCCCCCCCCCCCCCCCCCCCCCCCCCCCCCCCCCC(=O)C(C)CCCCCCCCCCCCCCCC. The number of hydrogen-bond acceptors (Lipinski definition) is 3. The molecule has 0 bridgehead atoms. The van der Waals surface area contributed by atoms with Crippen molar-refractivity contribution in [2.24, 2.45) is 11.8 Å². The van der Waals surface area contributed by atoms with Crippen molar-refractivity contribution < 1.29 is 19.8 Å². The number of rotatable bonds is 76. The van der Waals surface area contributed by atoms with Crippen LogP contribution >= 0.6 is 0 Å². The summed E-state index contributed by atoms with van der Waals surface area (Å²) in [6.07, 6.45) is 96.0. The van der Waals surface area contributed by atoms with Crippen LogP contribution in [0, 0.1) is 11.8 Å². The number of aliphatic hydroxyl groups is 1. The maximum absolute atomic E-state index is 12.6. The average molecular weight is 1180 g/mol. The smallest absolute Gasteiger partial charge is 0.309 e. The first kappa shape index (κ1) is 83.1. The maximum atomic E-state index is 12.6. The van der Waals surface area contributed by atoms with Crippen molar-refractivity contribution in [1.82, 2.24) is 0 Å². The number of carbonyl (C=O) groups excluding carboxylic acids is 1. The van der Waals surface area contributed by atoms with Gasteiger partial charge in [0.2, 0.25) is 0 Å². The van der Waals surface area contributed by atoms with Gasteiger partial charge in [0.15, 0.2) is 0 Å². The Labute approximate surface area is 529 Å². The third kappa shape index (κ3) is 67.0. The Morgan fingerprint density at radius 2 is 0.405 bits per heavy atom. The predicted molar refractivity (Wildman–Crippen MR) is 375 cm³/mol. The zero-order valence-corrected chi connectivity index (χ0v) is 58.4. The van der Waals surface area contributed by atoms with Crippen molar-refractivity contribution in [1.29, 1.82) is 0 Å². The predicted octanol–water partition coefficient (Wildman–Crippen LogP) is 28.4. The molecular formula is C80H158O4. The quantitative estimate of drug-likeness (QED) is 0.0595. The molecule has 0 aromatic heterocycles. The summed E-state index contributed by atoms with van der Waals surface area (Å²) in [7, 11) is 0. The molecule has 0 saturated heterocycles. The van der Waals surface area contributed by atoms with Crippen molar-refractivity contribution in [2.45, 2.75) is 489 Å². The molecule has 3 unspecified atom stereocenters. The number of aliphatic carboxylic acids is 1. The number of Topliss-reactive ketones (excluding diaryl/α,β-unsaturated/α-hetero) is 1. The number of aliphatic hydroxyl groups excluding tert-OH is 1. The van der Waals surface area contributed by atoms with Gasteiger partial charge in [0, 0.05) is 12.3 Å². The Hall–Kier alpha value is -0.900. The molecule has 0 fully saturated rings. The van der Waals surface area contributed by atoms with E-state index in [2.05, 4.69) is 20.8 Å². The third-order valence-corrected chi connectivity index (χ3v) is 19.9. The number of carbonyl (C=O) groups is 2. The first-order valence-electron chi connectivity index (χ1n) is 39.9. The molecular weight excluding hydrogens is 1020 g/mol. The van der Waals surface area contributed by atoms with Gasteiger partial charge in [-0.25, -0.2) is 0 Å². The monoisotopic (exact) mass is 1180 g/mol. The Morgan fingerprint density at radius 1 is 0.238 bits per heavy atom. The highest BCUT2D eigenvalue weighted by Gasteiger charge is 2.25. The van der Waals surface area contributed by atoms with Crippen LogP contribution in [0.5, 0.6) is 0 Å². The first-order valence-corrected chi connectivity index (χ1v) is 39.9. The fourth-order valence-electron chi connectivity index (χ4n) is 13.7. The van der Waals surface area contributed by atoms with Crippen molar-refractivity contribution in [3.05, 3.63) is 0 Å². The summed E-state index contributed by atoms with van der Waals surface area (Å²) in [6.45, 7) is 6.78. The second-order valence-corrected chi connectivity index (χ2v) is 28.3. The molecule has 502 valence electrons. The van der Waals surface area contributed by atoms with E-state index in [1.165, 1.54) is 405 Å². The van der Waals surface area contributed by atoms with Gasteiger partial charge in [0.05, 0.1) is 12.0 Å². The lowest BCUT2D eigenvalue weighted by Gasteiger charge is -2.19. The van der Waals surface area contributed by atoms with Gasteiger partial charge in [0.25, 0.3) is 0 Å². The van der Waals surface area contributed by atoms with E-state index in [1.807, 2.05) is 0 Å². The number of carboxylic acid groups (broad SMARTS) is 1. The normalized spacial score (nSPS) is 12.9. The summed E-state index contributed by atoms with van der Waals surface area (Å²) in [5, 5.41) is 20.5. The van der Waals surface area contributed by atoms with E-state index in [0.717, 1.165) is 44.9 Å². The van der Waals surface area contributed by atoms with Crippen LogP contribution < -0.4 is 0 Å². The van der Waals surface area contributed by atoms with Crippen molar-refractivity contribution in [3.63, 3.8) is 0 Å². The molecule has 0 radical (unpaired) electrons. The molecule has 0 aromatic rings. The molecule has 0 spiro atoms. The highest BCUT2D eigenvalue weighted by molar-refractivity contribution is 5.80. The number of hydrogen-bond donors (Lipinski definition) is 2. The molecule has 0 aromatic carbocycles. The van der Waals surface area contributed by atoms with Gasteiger partial charge in [-0.3, -0.25) is 9.59 Å². The highest BCUT2D eigenvalue weighted by Crippen LogP contribution is 2.24. The van der Waals surface area contributed by atoms with Gasteiger partial charge in [-0.15, -0.1) is 0 Å². The van der Waals surface area contributed by atoms with Gasteiger partial charge in [0.1, 0.15) is 5.78 Å². The summed E-state index contributed by atoms with van der Waals surface area (Å²) in [5.41, 5.74) is 0. The van der Waals surface area contributed by atoms with E-state index >= 15 is 0 Å². The minimum atomic E-state index is -0.801. The lowest BCUT2D eigenvalue weighted by atomic mass is 9.91. The zero-order valence-electron chi connectivity index (χ0n) is 58.4. The molecule has 0 rings (SSSR count). The lowest BCUT2D eigenvalue weighted by molar-refractivity contribution is -0.146. The van der Waals surface area contributed by atoms with Crippen LogP contribution in [-0.4, -0.2) is 28.1 Å². The molecule has 3 atom stereocenters. The van der Waals surface area contributed by atoms with Crippen molar-refractivity contribution in [3.8, 4) is 0 Å². The van der Waals surface area contributed by atoms with Gasteiger partial charge in [-0.2, -0.15) is 0 Å². The molecule has 0 saturated carbocycles. The molecule has 4 nitrogen and oxygen atoms in total. The van der Waals surface area contributed by atoms with Crippen molar-refractivity contribution in [2.75, 3.05) is 0 Å². The third-order valence-electron chi connectivity index (χ3n) is 19.9. The summed E-state index contributed by atoms with van der Waals surface area (Å²) in [5.74, 6) is -0.573. The average Bonchev–Trinajstić information content (AvgIpc) is 3.55. The van der Waals surface area contributed by atoms with Crippen molar-refractivity contribution >= 4 is 11.8 Å². The minimum absolute atomic E-state index is 0.282. The van der Waals surface area contributed by atoms with E-state index in [4.69, 9.17) is 0 Å². The largest absolute Gasteiger partial charge is 0.481 e. The lowest BCUT2D eigenvalue weighted by Crippen LogP contribution is -2.28. The molecule has 0 aliphatic rings. The molecule has 0 heterocycles. The van der Waals surface area contributed by atoms with E-state index < -0.39 is 18.0 Å². The number of ketones is 1. The van der Waals surface area contributed by atoms with Gasteiger partial charge < -0.3 is 10.2 Å².